The molecule has 1 fully saturated rings. The predicted molar refractivity (Wildman–Crippen MR) is 125 cm³/mol. The highest BCUT2D eigenvalue weighted by atomic mass is 16.5. The van der Waals surface area contributed by atoms with Gasteiger partial charge in [-0.3, -0.25) is 9.59 Å². The summed E-state index contributed by atoms with van der Waals surface area (Å²) in [5, 5.41) is 24.4. The Hall–Kier alpha value is -3.39. The van der Waals surface area contributed by atoms with Gasteiger partial charge in [0.1, 0.15) is 6.61 Å². The number of alkyl carbamates (subject to hydrolysis) is 1. The summed E-state index contributed by atoms with van der Waals surface area (Å²) in [5.74, 6) is -1.31. The van der Waals surface area contributed by atoms with Crippen molar-refractivity contribution in [3.8, 4) is 11.1 Å². The van der Waals surface area contributed by atoms with Crippen LogP contribution in [0.15, 0.2) is 48.5 Å². The molecular weight excluding hydrogens is 436 g/mol. The van der Waals surface area contributed by atoms with Crippen molar-refractivity contribution < 1.29 is 29.3 Å². The minimum absolute atomic E-state index is 0.0270. The van der Waals surface area contributed by atoms with E-state index < -0.39 is 18.2 Å². The third kappa shape index (κ3) is 5.39. The number of ether oxygens (including phenoxy) is 1. The van der Waals surface area contributed by atoms with Crippen LogP contribution >= 0.6 is 0 Å². The average Bonchev–Trinajstić information content (AvgIpc) is 3.11. The van der Waals surface area contributed by atoms with E-state index in [0.717, 1.165) is 41.5 Å². The predicted octanol–water partition coefficient (Wildman–Crippen LogP) is 3.04. The molecule has 0 aromatic heterocycles. The highest BCUT2D eigenvalue weighted by Gasteiger charge is 2.39. The van der Waals surface area contributed by atoms with E-state index in [9.17, 15) is 19.5 Å². The lowest BCUT2D eigenvalue weighted by atomic mass is 9.66. The van der Waals surface area contributed by atoms with Crippen LogP contribution in [0.2, 0.25) is 0 Å². The van der Waals surface area contributed by atoms with Gasteiger partial charge in [-0.15, -0.1) is 0 Å². The van der Waals surface area contributed by atoms with Crippen molar-refractivity contribution in [3.63, 3.8) is 0 Å². The van der Waals surface area contributed by atoms with Crippen LogP contribution in [-0.4, -0.2) is 54.0 Å². The van der Waals surface area contributed by atoms with Crippen LogP contribution in [0.1, 0.15) is 49.1 Å². The number of aliphatic hydroxyl groups excluding tert-OH is 1. The molecule has 2 aliphatic carbocycles. The number of fused-ring (bicyclic) bond motifs is 3. The highest BCUT2D eigenvalue weighted by molar-refractivity contribution is 5.79. The van der Waals surface area contributed by atoms with Gasteiger partial charge in [-0.1, -0.05) is 55.0 Å². The van der Waals surface area contributed by atoms with Crippen LogP contribution in [-0.2, 0) is 14.3 Å². The summed E-state index contributed by atoms with van der Waals surface area (Å²) >= 11 is 0. The van der Waals surface area contributed by atoms with Crippen molar-refractivity contribution in [3.05, 3.63) is 59.7 Å². The molecule has 0 bridgehead atoms. The van der Waals surface area contributed by atoms with Crippen molar-refractivity contribution in [2.45, 2.75) is 44.1 Å². The summed E-state index contributed by atoms with van der Waals surface area (Å²) in [6.45, 7) is 0.330. The Morgan fingerprint density at radius 1 is 1.00 bits per heavy atom. The van der Waals surface area contributed by atoms with Crippen molar-refractivity contribution in [2.24, 2.45) is 5.41 Å². The second kappa shape index (κ2) is 10.3. The van der Waals surface area contributed by atoms with Crippen LogP contribution < -0.4 is 10.6 Å². The van der Waals surface area contributed by atoms with Crippen LogP contribution in [0.3, 0.4) is 0 Å². The quantitative estimate of drug-likeness (QED) is 0.427. The number of rotatable bonds is 10. The molecule has 2 aromatic rings. The molecule has 8 nitrogen and oxygen atoms in total. The fourth-order valence-electron chi connectivity index (χ4n) is 4.91. The lowest BCUT2D eigenvalue weighted by Gasteiger charge is -2.40. The van der Waals surface area contributed by atoms with Gasteiger partial charge in [-0.25, -0.2) is 4.79 Å². The first-order chi connectivity index (χ1) is 16.4. The third-order valence-electron chi connectivity index (χ3n) is 6.85. The first-order valence-electron chi connectivity index (χ1n) is 11.6. The monoisotopic (exact) mass is 466 g/mol. The zero-order valence-corrected chi connectivity index (χ0v) is 19.0. The Bertz CT molecular complexity index is 1020. The van der Waals surface area contributed by atoms with Gasteiger partial charge in [0.25, 0.3) is 0 Å². The Kier molecular flexibility index (Phi) is 7.17. The van der Waals surface area contributed by atoms with Gasteiger partial charge in [0, 0.05) is 19.0 Å². The van der Waals surface area contributed by atoms with Crippen LogP contribution in [0.4, 0.5) is 4.79 Å². The summed E-state index contributed by atoms with van der Waals surface area (Å²) in [5.41, 5.74) is 4.12. The van der Waals surface area contributed by atoms with Gasteiger partial charge >= 0.3 is 12.1 Å². The number of carboxylic acid groups (broad SMARTS) is 1. The Labute approximate surface area is 198 Å². The van der Waals surface area contributed by atoms with Gasteiger partial charge in [0.05, 0.1) is 18.9 Å². The molecule has 180 valence electrons. The molecule has 1 atom stereocenters. The maximum absolute atomic E-state index is 12.2. The smallest absolute Gasteiger partial charge is 0.407 e. The lowest BCUT2D eigenvalue weighted by Crippen LogP contribution is -2.44. The van der Waals surface area contributed by atoms with E-state index in [1.165, 1.54) is 0 Å². The standard InChI is InChI=1S/C26H30N2O6/c29-17(12-23(30)28-16-26(10-5-11-26)13-24(31)32)14-27-25(33)34-15-22-20-8-3-1-6-18(20)19-7-2-4-9-21(19)22/h1-4,6-9,17,22,29H,5,10-16H2,(H,27,33)(H,28,30)(H,31,32). The molecular formula is C26H30N2O6. The number of amides is 2. The number of aliphatic carboxylic acids is 1. The van der Waals surface area contributed by atoms with Crippen molar-refractivity contribution in [2.75, 3.05) is 19.7 Å². The molecule has 2 aliphatic rings. The van der Waals surface area contributed by atoms with Crippen molar-refractivity contribution >= 4 is 18.0 Å². The molecule has 1 unspecified atom stereocenters. The van der Waals surface area contributed by atoms with E-state index in [-0.39, 0.29) is 49.8 Å². The van der Waals surface area contributed by atoms with E-state index in [2.05, 4.69) is 22.8 Å². The number of carboxylic acids is 1. The number of carbonyl (C=O) groups is 3. The number of hydrogen-bond donors (Lipinski definition) is 4. The van der Waals surface area contributed by atoms with Crippen LogP contribution in [0, 0.1) is 5.41 Å². The molecule has 2 aromatic carbocycles. The SMILES string of the molecule is O=C(O)CC1(CNC(=O)CC(O)CNC(=O)OCC2c3ccccc3-c3ccccc32)CCC1. The zero-order chi connectivity index (χ0) is 24.1. The summed E-state index contributed by atoms with van der Waals surface area (Å²) in [6.07, 6.45) is 0.604. The van der Waals surface area contributed by atoms with E-state index in [1.807, 2.05) is 36.4 Å². The summed E-state index contributed by atoms with van der Waals surface area (Å²) in [7, 11) is 0. The Morgan fingerprint density at radius 2 is 1.62 bits per heavy atom. The van der Waals surface area contributed by atoms with Crippen LogP contribution in [0.5, 0.6) is 0 Å². The van der Waals surface area contributed by atoms with Gasteiger partial charge in [0.2, 0.25) is 5.91 Å². The molecule has 0 aliphatic heterocycles. The first-order valence-corrected chi connectivity index (χ1v) is 11.6. The molecule has 34 heavy (non-hydrogen) atoms. The lowest BCUT2D eigenvalue weighted by molar-refractivity contribution is -0.142. The molecule has 0 heterocycles. The Balaban J connectivity index is 1.20. The minimum atomic E-state index is -1.07. The van der Waals surface area contributed by atoms with Crippen molar-refractivity contribution in [1.29, 1.82) is 0 Å². The van der Waals surface area contributed by atoms with Gasteiger partial charge in [-0.2, -0.15) is 0 Å². The Morgan fingerprint density at radius 3 is 2.18 bits per heavy atom. The topological polar surface area (TPSA) is 125 Å². The third-order valence-corrected chi connectivity index (χ3v) is 6.85. The summed E-state index contributed by atoms with van der Waals surface area (Å²) in [4.78, 5) is 35.4. The normalized spacial score (nSPS) is 16.5. The molecule has 2 amide bonds. The van der Waals surface area contributed by atoms with Gasteiger partial charge < -0.3 is 25.6 Å². The summed E-state index contributed by atoms with van der Waals surface area (Å²) < 4.78 is 5.43. The fourth-order valence-corrected chi connectivity index (χ4v) is 4.91. The first kappa shape index (κ1) is 23.8. The maximum atomic E-state index is 12.2. The molecule has 4 N–H and O–H groups in total. The fraction of sp³-hybridized carbons (Fsp3) is 0.423. The van der Waals surface area contributed by atoms with Gasteiger partial charge in [0.15, 0.2) is 0 Å². The minimum Gasteiger partial charge on any atom is -0.481 e. The van der Waals surface area contributed by atoms with Crippen molar-refractivity contribution in [1.82, 2.24) is 10.6 Å². The number of hydrogen-bond acceptors (Lipinski definition) is 5. The largest absolute Gasteiger partial charge is 0.481 e. The molecule has 8 heteroatoms. The van der Waals surface area contributed by atoms with Crippen LogP contribution in [0.25, 0.3) is 11.1 Å². The molecule has 0 radical (unpaired) electrons. The number of benzene rings is 2. The molecule has 4 rings (SSSR count). The molecule has 0 spiro atoms. The molecule has 0 saturated heterocycles. The summed E-state index contributed by atoms with van der Waals surface area (Å²) in [6, 6.07) is 16.1. The zero-order valence-electron chi connectivity index (χ0n) is 19.0. The second-order valence-corrected chi connectivity index (χ2v) is 9.27. The average molecular weight is 467 g/mol. The van der Waals surface area contributed by atoms with Gasteiger partial charge in [-0.05, 0) is 40.5 Å². The van der Waals surface area contributed by atoms with E-state index >= 15 is 0 Å². The second-order valence-electron chi connectivity index (χ2n) is 9.27. The number of aliphatic hydroxyl groups is 1. The number of nitrogens with one attached hydrogen (secondary N) is 2. The van der Waals surface area contributed by atoms with E-state index in [4.69, 9.17) is 9.84 Å². The van der Waals surface area contributed by atoms with E-state index in [0.29, 0.717) is 0 Å². The maximum Gasteiger partial charge on any atom is 0.407 e. The number of carbonyl (C=O) groups excluding carboxylic acids is 2. The molecule has 1 saturated carbocycles. The van der Waals surface area contributed by atoms with E-state index in [1.54, 1.807) is 0 Å². The highest BCUT2D eigenvalue weighted by Crippen LogP contribution is 2.45.